The second-order valence-electron chi connectivity index (χ2n) is 5.70. The minimum atomic E-state index is 0.572. The van der Waals surface area contributed by atoms with Gasteiger partial charge in [-0.25, -0.2) is 0 Å². The molecule has 1 fully saturated rings. The van der Waals surface area contributed by atoms with Crippen LogP contribution in [0.5, 0.6) is 0 Å². The SMILES string of the molecule is CCc1ccc(NC(=S)N(Cc2ccncc2)C2CC2)cc1. The Morgan fingerprint density at radius 1 is 1.14 bits per heavy atom. The normalized spacial score (nSPS) is 13.7. The molecule has 114 valence electrons. The maximum atomic E-state index is 5.63. The third-order valence-electron chi connectivity index (χ3n) is 3.96. The molecule has 0 aliphatic heterocycles. The fourth-order valence-corrected chi connectivity index (χ4v) is 2.79. The van der Waals surface area contributed by atoms with E-state index < -0.39 is 0 Å². The van der Waals surface area contributed by atoms with Crippen LogP contribution in [-0.2, 0) is 13.0 Å². The Balaban J connectivity index is 1.67. The molecule has 0 bridgehead atoms. The van der Waals surface area contributed by atoms with E-state index in [1.165, 1.54) is 24.0 Å². The van der Waals surface area contributed by atoms with Crippen LogP contribution in [0.4, 0.5) is 5.69 Å². The number of hydrogen-bond acceptors (Lipinski definition) is 2. The predicted octanol–water partition coefficient (Wildman–Crippen LogP) is 4.01. The van der Waals surface area contributed by atoms with Crippen LogP contribution in [0, 0.1) is 0 Å². The molecular formula is C18H21N3S. The summed E-state index contributed by atoms with van der Waals surface area (Å²) in [6.45, 7) is 3.00. The lowest BCUT2D eigenvalue weighted by Gasteiger charge is -2.26. The summed E-state index contributed by atoms with van der Waals surface area (Å²) in [5.74, 6) is 0. The summed E-state index contributed by atoms with van der Waals surface area (Å²) < 4.78 is 0. The lowest BCUT2D eigenvalue weighted by atomic mass is 10.1. The van der Waals surface area contributed by atoms with Crippen LogP contribution in [0.15, 0.2) is 48.8 Å². The molecule has 0 atom stereocenters. The van der Waals surface area contributed by atoms with Crippen molar-refractivity contribution in [3.8, 4) is 0 Å². The van der Waals surface area contributed by atoms with Gasteiger partial charge in [0.1, 0.15) is 0 Å². The summed E-state index contributed by atoms with van der Waals surface area (Å²) in [5.41, 5.74) is 3.64. The lowest BCUT2D eigenvalue weighted by Crippen LogP contribution is -2.36. The Morgan fingerprint density at radius 2 is 1.82 bits per heavy atom. The Hall–Kier alpha value is -1.94. The van der Waals surface area contributed by atoms with Crippen LogP contribution < -0.4 is 5.32 Å². The minimum Gasteiger partial charge on any atom is -0.342 e. The van der Waals surface area contributed by atoms with Gasteiger partial charge in [-0.05, 0) is 66.9 Å². The number of rotatable bonds is 5. The highest BCUT2D eigenvalue weighted by Gasteiger charge is 2.30. The summed E-state index contributed by atoms with van der Waals surface area (Å²) in [4.78, 5) is 6.37. The molecule has 1 N–H and O–H groups in total. The first-order valence-electron chi connectivity index (χ1n) is 7.81. The average molecular weight is 311 g/mol. The molecule has 0 amide bonds. The number of benzene rings is 1. The van der Waals surface area contributed by atoms with E-state index in [1.54, 1.807) is 0 Å². The third-order valence-corrected chi connectivity index (χ3v) is 4.30. The van der Waals surface area contributed by atoms with Crippen LogP contribution >= 0.6 is 12.2 Å². The Bertz CT molecular complexity index is 621. The van der Waals surface area contributed by atoms with E-state index in [2.05, 4.69) is 46.4 Å². The van der Waals surface area contributed by atoms with Crippen LogP contribution in [0.25, 0.3) is 0 Å². The quantitative estimate of drug-likeness (QED) is 0.845. The number of nitrogens with zero attached hydrogens (tertiary/aromatic N) is 2. The topological polar surface area (TPSA) is 28.2 Å². The maximum absolute atomic E-state index is 5.63. The summed E-state index contributed by atoms with van der Waals surface area (Å²) >= 11 is 5.63. The van der Waals surface area contributed by atoms with Crippen molar-refractivity contribution in [3.05, 3.63) is 59.9 Å². The van der Waals surface area contributed by atoms with Crippen molar-refractivity contribution >= 4 is 23.0 Å². The molecule has 1 heterocycles. The average Bonchev–Trinajstić information content (AvgIpc) is 3.39. The van der Waals surface area contributed by atoms with Crippen molar-refractivity contribution in [1.29, 1.82) is 0 Å². The van der Waals surface area contributed by atoms with Gasteiger partial charge in [0.2, 0.25) is 0 Å². The highest BCUT2D eigenvalue weighted by molar-refractivity contribution is 7.80. The molecule has 3 rings (SSSR count). The number of aryl methyl sites for hydroxylation is 1. The van der Waals surface area contributed by atoms with Crippen molar-refractivity contribution in [3.63, 3.8) is 0 Å². The summed E-state index contributed by atoms with van der Waals surface area (Å²) in [7, 11) is 0. The molecule has 1 aromatic carbocycles. The highest BCUT2D eigenvalue weighted by atomic mass is 32.1. The number of hydrogen-bond donors (Lipinski definition) is 1. The van der Waals surface area contributed by atoms with E-state index in [4.69, 9.17) is 12.2 Å². The first kappa shape index (κ1) is 15.0. The molecular weight excluding hydrogens is 290 g/mol. The van der Waals surface area contributed by atoms with E-state index >= 15 is 0 Å². The predicted molar refractivity (Wildman–Crippen MR) is 94.8 cm³/mol. The molecule has 1 aliphatic carbocycles. The van der Waals surface area contributed by atoms with Crippen LogP contribution in [-0.4, -0.2) is 21.0 Å². The van der Waals surface area contributed by atoms with Gasteiger partial charge in [0, 0.05) is 30.7 Å². The van der Waals surface area contributed by atoms with E-state index in [0.29, 0.717) is 6.04 Å². The fourth-order valence-electron chi connectivity index (χ4n) is 2.46. The van der Waals surface area contributed by atoms with Crippen molar-refractivity contribution in [2.45, 2.75) is 38.8 Å². The van der Waals surface area contributed by atoms with Gasteiger partial charge in [-0.2, -0.15) is 0 Å². The van der Waals surface area contributed by atoms with Gasteiger partial charge >= 0.3 is 0 Å². The Morgan fingerprint density at radius 3 is 2.41 bits per heavy atom. The maximum Gasteiger partial charge on any atom is 0.173 e. The van der Waals surface area contributed by atoms with Crippen LogP contribution in [0.1, 0.15) is 30.9 Å². The van der Waals surface area contributed by atoms with E-state index in [9.17, 15) is 0 Å². The third kappa shape index (κ3) is 3.83. The zero-order valence-electron chi connectivity index (χ0n) is 12.8. The molecule has 4 heteroatoms. The number of anilines is 1. The monoisotopic (exact) mass is 311 g/mol. The largest absolute Gasteiger partial charge is 0.342 e. The number of aromatic nitrogens is 1. The van der Waals surface area contributed by atoms with Crippen molar-refractivity contribution in [2.24, 2.45) is 0 Å². The van der Waals surface area contributed by atoms with Gasteiger partial charge in [0.15, 0.2) is 5.11 Å². The van der Waals surface area contributed by atoms with E-state index in [-0.39, 0.29) is 0 Å². The summed E-state index contributed by atoms with van der Waals surface area (Å²) in [6, 6.07) is 13.2. The molecule has 1 aliphatic rings. The molecule has 1 aromatic heterocycles. The minimum absolute atomic E-state index is 0.572. The molecule has 0 saturated heterocycles. The van der Waals surface area contributed by atoms with Crippen LogP contribution in [0.3, 0.4) is 0 Å². The number of pyridine rings is 1. The van der Waals surface area contributed by atoms with Gasteiger partial charge in [-0.1, -0.05) is 19.1 Å². The Labute approximate surface area is 137 Å². The molecule has 3 nitrogen and oxygen atoms in total. The number of nitrogens with one attached hydrogen (secondary N) is 1. The lowest BCUT2D eigenvalue weighted by molar-refractivity contribution is 0.409. The molecule has 1 saturated carbocycles. The second kappa shape index (κ2) is 6.88. The van der Waals surface area contributed by atoms with E-state index in [1.807, 2.05) is 24.5 Å². The molecule has 0 radical (unpaired) electrons. The first-order chi connectivity index (χ1) is 10.8. The summed E-state index contributed by atoms with van der Waals surface area (Å²) in [5, 5.41) is 4.19. The van der Waals surface area contributed by atoms with Crippen molar-refractivity contribution in [1.82, 2.24) is 9.88 Å². The Kier molecular flexibility index (Phi) is 4.68. The smallest absolute Gasteiger partial charge is 0.173 e. The van der Waals surface area contributed by atoms with Crippen molar-refractivity contribution < 1.29 is 0 Å². The number of thiocarbonyl (C=S) groups is 1. The molecule has 0 unspecified atom stereocenters. The van der Waals surface area contributed by atoms with Crippen LogP contribution in [0.2, 0.25) is 0 Å². The first-order valence-corrected chi connectivity index (χ1v) is 8.22. The van der Waals surface area contributed by atoms with Gasteiger partial charge in [-0.3, -0.25) is 4.98 Å². The zero-order valence-corrected chi connectivity index (χ0v) is 13.6. The highest BCUT2D eigenvalue weighted by Crippen LogP contribution is 2.29. The fraction of sp³-hybridized carbons (Fsp3) is 0.333. The van der Waals surface area contributed by atoms with E-state index in [0.717, 1.165) is 23.8 Å². The van der Waals surface area contributed by atoms with Gasteiger partial charge in [-0.15, -0.1) is 0 Å². The summed E-state index contributed by atoms with van der Waals surface area (Å²) in [6.07, 6.45) is 7.17. The zero-order chi connectivity index (χ0) is 15.4. The molecule has 2 aromatic rings. The second-order valence-corrected chi connectivity index (χ2v) is 6.08. The van der Waals surface area contributed by atoms with Gasteiger partial charge in [0.25, 0.3) is 0 Å². The van der Waals surface area contributed by atoms with Gasteiger partial charge in [0.05, 0.1) is 0 Å². The van der Waals surface area contributed by atoms with Gasteiger partial charge < -0.3 is 10.2 Å². The molecule has 22 heavy (non-hydrogen) atoms. The molecule has 0 spiro atoms. The standard InChI is InChI=1S/C18H21N3S/c1-2-14-3-5-16(6-4-14)20-18(22)21(17-7-8-17)13-15-9-11-19-12-10-15/h3-6,9-12,17H,2,7-8,13H2,1H3,(H,20,22). The van der Waals surface area contributed by atoms with Crippen molar-refractivity contribution in [2.75, 3.05) is 5.32 Å².